The molecule has 3 aromatic rings. The molecule has 10 nitrogen and oxygen atoms in total. The van der Waals surface area contributed by atoms with Crippen molar-refractivity contribution in [1.29, 1.82) is 0 Å². The third kappa shape index (κ3) is 4.90. The smallest absolute Gasteiger partial charge is 0.268 e. The van der Waals surface area contributed by atoms with Gasteiger partial charge in [0.2, 0.25) is 0 Å². The van der Waals surface area contributed by atoms with E-state index in [-0.39, 0.29) is 11.1 Å². The number of halogens is 1. The number of hydrogen-bond donors (Lipinski definition) is 0. The van der Waals surface area contributed by atoms with Crippen molar-refractivity contribution >= 4 is 82.1 Å². The van der Waals surface area contributed by atoms with Crippen LogP contribution in [0.2, 0.25) is 5.02 Å². The zero-order valence-electron chi connectivity index (χ0n) is 22.1. The maximum atomic E-state index is 12.5. The van der Waals surface area contributed by atoms with Gasteiger partial charge in [-0.25, -0.2) is 9.59 Å². The van der Waals surface area contributed by atoms with Gasteiger partial charge in [-0.2, -0.15) is 0 Å². The molecule has 208 valence electrons. The van der Waals surface area contributed by atoms with Gasteiger partial charge in [0.25, 0.3) is 23.6 Å². The molecule has 1 aromatic carbocycles. The Hall–Kier alpha value is -4.39. The van der Waals surface area contributed by atoms with Gasteiger partial charge in [-0.05, 0) is 41.5 Å². The number of likely N-dealkylation sites (N-methyl/N-ethyl adjacent to an activating group) is 4. The Bertz CT molecular complexity index is 1680. The number of urea groups is 2. The lowest BCUT2D eigenvalue weighted by molar-refractivity contribution is -0.135. The number of rotatable bonds is 4. The van der Waals surface area contributed by atoms with Crippen LogP contribution in [0.15, 0.2) is 53.6 Å². The topological polar surface area (TPSA) is 115 Å². The molecule has 41 heavy (non-hydrogen) atoms. The second-order valence-corrected chi connectivity index (χ2v) is 11.8. The molecule has 0 bridgehead atoms. The number of carbonyl (C=O) groups excluding carboxylic acids is 6. The quantitative estimate of drug-likeness (QED) is 0.314. The first-order chi connectivity index (χ1) is 19.4. The molecule has 2 fully saturated rings. The Morgan fingerprint density at radius 2 is 1.10 bits per heavy atom. The average molecular weight is 609 g/mol. The number of imide groups is 4. The summed E-state index contributed by atoms with van der Waals surface area (Å²) in [5.74, 6) is -2.63. The summed E-state index contributed by atoms with van der Waals surface area (Å²) in [6.45, 7) is 0. The maximum absolute atomic E-state index is 12.5. The van der Waals surface area contributed by atoms with E-state index >= 15 is 0 Å². The highest BCUT2D eigenvalue weighted by Gasteiger charge is 2.38. The third-order valence-electron chi connectivity index (χ3n) is 6.61. The summed E-state index contributed by atoms with van der Waals surface area (Å²) in [7, 11) is 5.30. The van der Waals surface area contributed by atoms with E-state index in [2.05, 4.69) is 0 Å². The average Bonchev–Trinajstić information content (AvgIpc) is 3.60. The van der Waals surface area contributed by atoms with Crippen LogP contribution in [0.4, 0.5) is 9.59 Å². The predicted molar refractivity (Wildman–Crippen MR) is 156 cm³/mol. The minimum absolute atomic E-state index is 0.0931. The van der Waals surface area contributed by atoms with Gasteiger partial charge < -0.3 is 0 Å². The molecule has 2 aliphatic heterocycles. The predicted octanol–water partition coefficient (Wildman–Crippen LogP) is 4.66. The lowest BCUT2D eigenvalue weighted by atomic mass is 10.0. The van der Waals surface area contributed by atoms with Crippen LogP contribution in [-0.2, 0) is 19.2 Å². The normalized spacial score (nSPS) is 16.4. The highest BCUT2D eigenvalue weighted by atomic mass is 35.5. The highest BCUT2D eigenvalue weighted by molar-refractivity contribution is 7.24. The van der Waals surface area contributed by atoms with Gasteiger partial charge in [0.1, 0.15) is 11.1 Å². The SMILES string of the molecule is CN1C(=O)C(=Cc2ccc(-c3sc(-c4ccc(C=C5C(=O)N(C)C(=O)N(C)C5=O)s4)cc3Cl)cc2)C(=O)N(C)C1=O. The molecule has 0 radical (unpaired) electrons. The van der Waals surface area contributed by atoms with E-state index in [0.717, 1.165) is 39.8 Å². The van der Waals surface area contributed by atoms with Crippen LogP contribution < -0.4 is 0 Å². The molecular formula is C28H21ClN4O6S2. The summed E-state index contributed by atoms with van der Waals surface area (Å²) < 4.78 is 0. The van der Waals surface area contributed by atoms with Gasteiger partial charge in [-0.3, -0.25) is 38.8 Å². The standard InChI is InChI=1S/C28H21ClN4O6S2/c1-30-23(34)17(24(35)31(2)27(30)38)11-14-5-7-15(8-6-14)22-19(29)13-21(41-22)20-10-9-16(40-20)12-18-25(36)32(3)28(39)33(4)26(18)37/h5-13H,1-4H3. The molecule has 0 atom stereocenters. The van der Waals surface area contributed by atoms with E-state index in [1.807, 2.05) is 24.3 Å². The summed E-state index contributed by atoms with van der Waals surface area (Å²) >= 11 is 9.41. The minimum Gasteiger partial charge on any atom is -0.268 e. The number of benzene rings is 1. The Labute approximate surface area is 247 Å². The van der Waals surface area contributed by atoms with Crippen LogP contribution in [0.1, 0.15) is 10.4 Å². The zero-order chi connectivity index (χ0) is 29.7. The summed E-state index contributed by atoms with van der Waals surface area (Å²) in [4.78, 5) is 80.7. The van der Waals surface area contributed by atoms with E-state index in [9.17, 15) is 28.8 Å². The summed E-state index contributed by atoms with van der Waals surface area (Å²) in [5, 5.41) is 0.531. The van der Waals surface area contributed by atoms with Gasteiger partial charge in [0, 0.05) is 42.8 Å². The van der Waals surface area contributed by atoms with Gasteiger partial charge in [-0.1, -0.05) is 35.9 Å². The molecule has 8 amide bonds. The molecule has 5 rings (SSSR count). The molecule has 0 saturated carbocycles. The molecule has 13 heteroatoms. The largest absolute Gasteiger partial charge is 0.333 e. The fourth-order valence-corrected chi connectivity index (χ4v) is 6.73. The number of hydrogen-bond acceptors (Lipinski definition) is 8. The summed E-state index contributed by atoms with van der Waals surface area (Å²) in [5.41, 5.74) is 1.23. The van der Waals surface area contributed by atoms with Crippen molar-refractivity contribution in [3.05, 3.63) is 69.1 Å². The van der Waals surface area contributed by atoms with Crippen LogP contribution in [0.25, 0.3) is 32.3 Å². The first-order valence-electron chi connectivity index (χ1n) is 12.0. The first-order valence-corrected chi connectivity index (χ1v) is 14.0. The van der Waals surface area contributed by atoms with Crippen LogP contribution >= 0.6 is 34.3 Å². The molecule has 0 unspecified atom stereocenters. The van der Waals surface area contributed by atoms with Crippen molar-refractivity contribution in [2.45, 2.75) is 0 Å². The molecule has 0 N–H and O–H groups in total. The molecule has 4 heterocycles. The van der Waals surface area contributed by atoms with Crippen LogP contribution in [0.3, 0.4) is 0 Å². The molecule has 0 spiro atoms. The molecule has 2 aromatic heterocycles. The van der Waals surface area contributed by atoms with Gasteiger partial charge in [-0.15, -0.1) is 22.7 Å². The Morgan fingerprint density at radius 1 is 0.610 bits per heavy atom. The molecular weight excluding hydrogens is 588 g/mol. The van der Waals surface area contributed by atoms with Gasteiger partial charge >= 0.3 is 12.1 Å². The molecule has 2 aliphatic rings. The molecule has 2 saturated heterocycles. The highest BCUT2D eigenvalue weighted by Crippen LogP contribution is 2.43. The number of carbonyl (C=O) groups is 6. The minimum atomic E-state index is -0.683. The first kappa shape index (κ1) is 28.1. The fourth-order valence-electron chi connectivity index (χ4n) is 4.24. The van der Waals surface area contributed by atoms with Crippen LogP contribution in [0, 0.1) is 0 Å². The Balaban J connectivity index is 1.38. The van der Waals surface area contributed by atoms with E-state index in [0.29, 0.717) is 15.5 Å². The summed E-state index contributed by atoms with van der Waals surface area (Å²) in [6, 6.07) is 11.3. The zero-order valence-corrected chi connectivity index (χ0v) is 24.5. The number of nitrogens with zero attached hydrogens (tertiary/aromatic N) is 4. The summed E-state index contributed by atoms with van der Waals surface area (Å²) in [6.07, 6.45) is 2.93. The van der Waals surface area contributed by atoms with Crippen molar-refractivity contribution in [3.63, 3.8) is 0 Å². The van der Waals surface area contributed by atoms with Gasteiger partial charge in [0.15, 0.2) is 0 Å². The fraction of sp³-hybridized carbons (Fsp3) is 0.143. The van der Waals surface area contributed by atoms with Crippen molar-refractivity contribution < 1.29 is 28.8 Å². The van der Waals surface area contributed by atoms with Gasteiger partial charge in [0.05, 0.1) is 9.90 Å². The maximum Gasteiger partial charge on any atom is 0.333 e. The second kappa shape index (κ2) is 10.5. The molecule has 0 aliphatic carbocycles. The van der Waals surface area contributed by atoms with Crippen molar-refractivity contribution in [1.82, 2.24) is 19.6 Å². The van der Waals surface area contributed by atoms with Crippen LogP contribution in [-0.4, -0.2) is 83.5 Å². The van der Waals surface area contributed by atoms with E-state index < -0.39 is 35.7 Å². The lowest BCUT2D eigenvalue weighted by Gasteiger charge is -2.28. The monoisotopic (exact) mass is 608 g/mol. The number of barbiturate groups is 2. The number of thiophene rings is 2. The Morgan fingerprint density at radius 3 is 1.61 bits per heavy atom. The Kier molecular flexibility index (Phi) is 7.24. The third-order valence-corrected chi connectivity index (χ3v) is 9.44. The second-order valence-electron chi connectivity index (χ2n) is 9.25. The number of amides is 8. The van der Waals surface area contributed by atoms with Crippen LogP contribution in [0.5, 0.6) is 0 Å². The lowest BCUT2D eigenvalue weighted by Crippen LogP contribution is -2.52. The van der Waals surface area contributed by atoms with Crippen molar-refractivity contribution in [3.8, 4) is 20.2 Å². The van der Waals surface area contributed by atoms with E-state index in [1.54, 1.807) is 18.2 Å². The van der Waals surface area contributed by atoms with E-state index in [4.69, 9.17) is 11.6 Å². The van der Waals surface area contributed by atoms with E-state index in [1.165, 1.54) is 63.0 Å². The van der Waals surface area contributed by atoms with Crippen molar-refractivity contribution in [2.75, 3.05) is 28.2 Å². The van der Waals surface area contributed by atoms with Crippen molar-refractivity contribution in [2.24, 2.45) is 0 Å².